The molecule has 1 aliphatic heterocycles. The van der Waals surface area contributed by atoms with E-state index < -0.39 is 5.82 Å². The molecule has 28 heavy (non-hydrogen) atoms. The Labute approximate surface area is 163 Å². The number of nitrogens with zero attached hydrogens (tertiary/aromatic N) is 2. The first kappa shape index (κ1) is 18.2. The van der Waals surface area contributed by atoms with Gasteiger partial charge in [-0.15, -0.1) is 0 Å². The van der Waals surface area contributed by atoms with E-state index in [9.17, 15) is 14.0 Å². The highest BCUT2D eigenvalue weighted by atomic mass is 19.1. The van der Waals surface area contributed by atoms with Crippen LogP contribution in [0.15, 0.2) is 60.7 Å². The van der Waals surface area contributed by atoms with Gasteiger partial charge in [0.15, 0.2) is 5.78 Å². The molecule has 142 valence electrons. The highest BCUT2D eigenvalue weighted by Crippen LogP contribution is 2.23. The Morgan fingerprint density at radius 3 is 2.18 bits per heavy atom. The number of benzene rings is 3. The lowest BCUT2D eigenvalue weighted by molar-refractivity contribution is 0.0746. The smallest absolute Gasteiger partial charge is 0.253 e. The molecule has 1 heterocycles. The fourth-order valence-electron chi connectivity index (χ4n) is 3.64. The molecular weight excluding hydrogens is 355 g/mol. The molecule has 0 radical (unpaired) electrons. The number of amides is 1. The molecule has 4 rings (SSSR count). The van der Waals surface area contributed by atoms with Crippen LogP contribution in [0.1, 0.15) is 27.6 Å². The molecule has 0 saturated carbocycles. The number of halogens is 1. The number of Topliss-reactive ketones (excluding diaryl/α,β-unsaturated/α-hetero) is 1. The van der Waals surface area contributed by atoms with Crippen molar-refractivity contribution in [2.75, 3.05) is 31.1 Å². The Balaban J connectivity index is 1.46. The van der Waals surface area contributed by atoms with E-state index in [2.05, 4.69) is 0 Å². The molecule has 5 heteroatoms. The number of anilines is 1. The Bertz CT molecular complexity index is 1060. The second kappa shape index (κ2) is 7.43. The van der Waals surface area contributed by atoms with Gasteiger partial charge < -0.3 is 9.80 Å². The van der Waals surface area contributed by atoms with Crippen LogP contribution in [0.5, 0.6) is 0 Å². The van der Waals surface area contributed by atoms with E-state index in [0.717, 1.165) is 10.8 Å². The van der Waals surface area contributed by atoms with Gasteiger partial charge in [-0.1, -0.05) is 30.3 Å². The molecule has 1 aliphatic rings. The molecule has 0 bridgehead atoms. The van der Waals surface area contributed by atoms with Crippen LogP contribution in [0.3, 0.4) is 0 Å². The van der Waals surface area contributed by atoms with Gasteiger partial charge in [-0.2, -0.15) is 0 Å². The summed E-state index contributed by atoms with van der Waals surface area (Å²) in [6, 6.07) is 18.3. The van der Waals surface area contributed by atoms with Crippen molar-refractivity contribution in [3.05, 3.63) is 77.6 Å². The summed E-state index contributed by atoms with van der Waals surface area (Å²) in [7, 11) is 0. The molecule has 3 aromatic carbocycles. The van der Waals surface area contributed by atoms with E-state index in [1.807, 2.05) is 52.3 Å². The standard InChI is InChI=1S/C23H21FN2O2/c1-16(27)18-8-9-22(21(24)15-18)25-10-12-26(13-11-25)23(28)20-7-6-17-4-2-3-5-19(17)14-20/h2-9,14-15H,10-13H2,1H3. The van der Waals surface area contributed by atoms with Crippen molar-refractivity contribution in [3.8, 4) is 0 Å². The maximum absolute atomic E-state index is 14.4. The van der Waals surface area contributed by atoms with Crippen molar-refractivity contribution in [2.24, 2.45) is 0 Å². The van der Waals surface area contributed by atoms with E-state index >= 15 is 0 Å². The van der Waals surface area contributed by atoms with Crippen LogP contribution in [0.2, 0.25) is 0 Å². The van der Waals surface area contributed by atoms with E-state index in [1.54, 1.807) is 12.1 Å². The Kier molecular flexibility index (Phi) is 4.82. The molecule has 0 atom stereocenters. The summed E-state index contributed by atoms with van der Waals surface area (Å²) >= 11 is 0. The van der Waals surface area contributed by atoms with E-state index in [4.69, 9.17) is 0 Å². The van der Waals surface area contributed by atoms with Gasteiger partial charge in [0, 0.05) is 37.3 Å². The van der Waals surface area contributed by atoms with Crippen LogP contribution in [-0.4, -0.2) is 42.8 Å². The lowest BCUT2D eigenvalue weighted by Gasteiger charge is -2.36. The molecule has 3 aromatic rings. The average Bonchev–Trinajstić information content (AvgIpc) is 2.73. The average molecular weight is 376 g/mol. The molecule has 4 nitrogen and oxygen atoms in total. The predicted molar refractivity (Wildman–Crippen MR) is 108 cm³/mol. The first-order valence-electron chi connectivity index (χ1n) is 9.36. The van der Waals surface area contributed by atoms with Gasteiger partial charge >= 0.3 is 0 Å². The minimum atomic E-state index is -0.401. The first-order chi connectivity index (χ1) is 13.5. The Morgan fingerprint density at radius 1 is 0.821 bits per heavy atom. The van der Waals surface area contributed by atoms with Gasteiger partial charge in [-0.05, 0) is 48.0 Å². The van der Waals surface area contributed by atoms with E-state index in [1.165, 1.54) is 13.0 Å². The van der Waals surface area contributed by atoms with Crippen LogP contribution < -0.4 is 4.90 Å². The van der Waals surface area contributed by atoms with Crippen LogP contribution in [0.4, 0.5) is 10.1 Å². The summed E-state index contributed by atoms with van der Waals surface area (Å²) < 4.78 is 14.4. The quantitative estimate of drug-likeness (QED) is 0.645. The third kappa shape index (κ3) is 3.48. The second-order valence-corrected chi connectivity index (χ2v) is 7.06. The normalized spacial score (nSPS) is 14.4. The van der Waals surface area contributed by atoms with Crippen LogP contribution in [0.25, 0.3) is 10.8 Å². The van der Waals surface area contributed by atoms with Crippen molar-refractivity contribution in [1.82, 2.24) is 4.90 Å². The lowest BCUT2D eigenvalue weighted by Crippen LogP contribution is -2.49. The maximum Gasteiger partial charge on any atom is 0.253 e. The molecular formula is C23H21FN2O2. The number of carbonyl (C=O) groups excluding carboxylic acids is 2. The zero-order chi connectivity index (χ0) is 19.7. The number of hydrogen-bond acceptors (Lipinski definition) is 3. The molecule has 0 unspecified atom stereocenters. The van der Waals surface area contributed by atoms with Gasteiger partial charge in [-0.25, -0.2) is 4.39 Å². The summed E-state index contributed by atoms with van der Waals surface area (Å²) in [5, 5.41) is 2.15. The van der Waals surface area contributed by atoms with Crippen LogP contribution in [-0.2, 0) is 0 Å². The van der Waals surface area contributed by atoms with Crippen molar-refractivity contribution >= 4 is 28.2 Å². The van der Waals surface area contributed by atoms with Gasteiger partial charge in [-0.3, -0.25) is 9.59 Å². The molecule has 1 amide bonds. The third-order valence-electron chi connectivity index (χ3n) is 5.26. The monoisotopic (exact) mass is 376 g/mol. The van der Waals surface area contributed by atoms with Crippen molar-refractivity contribution < 1.29 is 14.0 Å². The molecule has 0 aromatic heterocycles. The summed E-state index contributed by atoms with van der Waals surface area (Å²) in [5.74, 6) is -0.559. The number of piperazine rings is 1. The minimum absolute atomic E-state index is 0.00203. The molecule has 1 fully saturated rings. The highest BCUT2D eigenvalue weighted by Gasteiger charge is 2.24. The minimum Gasteiger partial charge on any atom is -0.366 e. The number of rotatable bonds is 3. The lowest BCUT2D eigenvalue weighted by atomic mass is 10.1. The number of fused-ring (bicyclic) bond motifs is 1. The Hall–Kier alpha value is -3.21. The van der Waals surface area contributed by atoms with E-state index in [-0.39, 0.29) is 11.7 Å². The summed E-state index contributed by atoms with van der Waals surface area (Å²) in [4.78, 5) is 28.0. The largest absolute Gasteiger partial charge is 0.366 e. The molecule has 0 aliphatic carbocycles. The van der Waals surface area contributed by atoms with Crippen molar-refractivity contribution in [3.63, 3.8) is 0 Å². The summed E-state index contributed by atoms with van der Waals surface area (Å²) in [6.45, 7) is 3.58. The summed E-state index contributed by atoms with van der Waals surface area (Å²) in [5.41, 5.74) is 1.51. The van der Waals surface area contributed by atoms with Crippen LogP contribution in [0, 0.1) is 5.82 Å². The highest BCUT2D eigenvalue weighted by molar-refractivity contribution is 5.98. The Morgan fingerprint density at radius 2 is 1.50 bits per heavy atom. The van der Waals surface area contributed by atoms with Gasteiger partial charge in [0.25, 0.3) is 5.91 Å². The second-order valence-electron chi connectivity index (χ2n) is 7.06. The fraction of sp³-hybridized carbons (Fsp3) is 0.217. The zero-order valence-electron chi connectivity index (χ0n) is 15.7. The maximum atomic E-state index is 14.4. The third-order valence-corrected chi connectivity index (χ3v) is 5.26. The van der Waals surface area contributed by atoms with Crippen LogP contribution >= 0.6 is 0 Å². The number of hydrogen-bond donors (Lipinski definition) is 0. The summed E-state index contributed by atoms with van der Waals surface area (Å²) in [6.07, 6.45) is 0. The predicted octanol–water partition coefficient (Wildman–Crippen LogP) is 4.14. The molecule has 0 N–H and O–H groups in total. The number of ketones is 1. The van der Waals surface area contributed by atoms with E-state index in [0.29, 0.717) is 43.0 Å². The molecule has 1 saturated heterocycles. The SMILES string of the molecule is CC(=O)c1ccc(N2CCN(C(=O)c3ccc4ccccc4c3)CC2)c(F)c1. The van der Waals surface area contributed by atoms with Crippen molar-refractivity contribution in [1.29, 1.82) is 0 Å². The zero-order valence-corrected chi connectivity index (χ0v) is 15.7. The van der Waals surface area contributed by atoms with Gasteiger partial charge in [0.05, 0.1) is 5.69 Å². The molecule has 0 spiro atoms. The van der Waals surface area contributed by atoms with Crippen molar-refractivity contribution in [2.45, 2.75) is 6.92 Å². The first-order valence-corrected chi connectivity index (χ1v) is 9.36. The van der Waals surface area contributed by atoms with Gasteiger partial charge in [0.2, 0.25) is 0 Å². The number of carbonyl (C=O) groups is 2. The topological polar surface area (TPSA) is 40.6 Å². The van der Waals surface area contributed by atoms with Gasteiger partial charge in [0.1, 0.15) is 5.82 Å². The fourth-order valence-corrected chi connectivity index (χ4v) is 3.64.